The molecular weight excluding hydrogens is 290 g/mol. The molecule has 0 unspecified atom stereocenters. The van der Waals surface area contributed by atoms with Crippen LogP contribution in [-0.4, -0.2) is 17.9 Å². The lowest BCUT2D eigenvalue weighted by atomic mass is 9.95. The fourth-order valence-corrected chi connectivity index (χ4v) is 2.87. The van der Waals surface area contributed by atoms with Crippen molar-refractivity contribution in [3.63, 3.8) is 0 Å². The Morgan fingerprint density at radius 3 is 2.52 bits per heavy atom. The first-order chi connectivity index (χ1) is 10.1. The van der Waals surface area contributed by atoms with Gasteiger partial charge in [-0.25, -0.2) is 0 Å². The van der Waals surface area contributed by atoms with Crippen LogP contribution in [0.15, 0.2) is 24.3 Å². The first-order valence-corrected chi connectivity index (χ1v) is 7.67. The molecule has 114 valence electrons. The molecule has 1 fully saturated rings. The molecule has 0 saturated heterocycles. The molecule has 0 heterocycles. The smallest absolute Gasteiger partial charge is 0.303 e. The van der Waals surface area contributed by atoms with Crippen molar-refractivity contribution in [3.8, 4) is 0 Å². The summed E-state index contributed by atoms with van der Waals surface area (Å²) in [7, 11) is 0. The van der Waals surface area contributed by atoms with Crippen LogP contribution in [0.25, 0.3) is 0 Å². The van der Waals surface area contributed by atoms with Crippen LogP contribution in [0.5, 0.6) is 0 Å². The van der Waals surface area contributed by atoms with Crippen molar-refractivity contribution >= 4 is 23.5 Å². The molecule has 4 nitrogen and oxygen atoms in total. The molecule has 21 heavy (non-hydrogen) atoms. The zero-order chi connectivity index (χ0) is 15.2. The van der Waals surface area contributed by atoms with E-state index in [1.165, 1.54) is 13.3 Å². The van der Waals surface area contributed by atoms with Crippen molar-refractivity contribution in [2.45, 2.75) is 51.2 Å². The number of hydrogen-bond acceptors (Lipinski definition) is 3. The number of nitrogens with one attached hydrogen (secondary N) is 1. The minimum absolute atomic E-state index is 0.159. The Balaban J connectivity index is 2.13. The Morgan fingerprint density at radius 1 is 1.24 bits per heavy atom. The monoisotopic (exact) mass is 309 g/mol. The molecule has 0 spiro atoms. The second kappa shape index (κ2) is 7.46. The number of benzene rings is 1. The molecule has 0 radical (unpaired) electrons. The van der Waals surface area contributed by atoms with E-state index in [0.717, 1.165) is 25.7 Å². The highest BCUT2D eigenvalue weighted by molar-refractivity contribution is 6.31. The van der Waals surface area contributed by atoms with Gasteiger partial charge < -0.3 is 10.1 Å². The van der Waals surface area contributed by atoms with Crippen molar-refractivity contribution < 1.29 is 14.3 Å². The van der Waals surface area contributed by atoms with Gasteiger partial charge in [0.05, 0.1) is 0 Å². The summed E-state index contributed by atoms with van der Waals surface area (Å²) in [6.45, 7) is 1.29. The van der Waals surface area contributed by atoms with Gasteiger partial charge in [-0.05, 0) is 18.9 Å². The highest BCUT2D eigenvalue weighted by Crippen LogP contribution is 2.27. The molecule has 2 rings (SSSR count). The highest BCUT2D eigenvalue weighted by Gasteiger charge is 2.28. The lowest BCUT2D eigenvalue weighted by Gasteiger charge is -2.25. The average Bonchev–Trinajstić information content (AvgIpc) is 2.46. The third kappa shape index (κ3) is 4.46. The van der Waals surface area contributed by atoms with E-state index in [1.54, 1.807) is 24.3 Å². The highest BCUT2D eigenvalue weighted by atomic mass is 35.5. The van der Waals surface area contributed by atoms with Gasteiger partial charge >= 0.3 is 5.97 Å². The second-order valence-electron chi connectivity index (χ2n) is 5.35. The predicted molar refractivity (Wildman–Crippen MR) is 81.0 cm³/mol. The van der Waals surface area contributed by atoms with E-state index < -0.39 is 12.1 Å². The van der Waals surface area contributed by atoms with Gasteiger partial charge in [-0.15, -0.1) is 0 Å². The van der Waals surface area contributed by atoms with Crippen molar-refractivity contribution in [1.82, 2.24) is 5.32 Å². The summed E-state index contributed by atoms with van der Waals surface area (Å²) in [4.78, 5) is 23.7. The summed E-state index contributed by atoms with van der Waals surface area (Å²) in [5.41, 5.74) is 0.516. The lowest BCUT2D eigenvalue weighted by molar-refractivity contribution is -0.154. The van der Waals surface area contributed by atoms with E-state index in [-0.39, 0.29) is 11.9 Å². The van der Waals surface area contributed by atoms with Crippen LogP contribution in [0.3, 0.4) is 0 Å². The van der Waals surface area contributed by atoms with Crippen LogP contribution < -0.4 is 5.32 Å². The van der Waals surface area contributed by atoms with Crippen LogP contribution in [0, 0.1) is 0 Å². The van der Waals surface area contributed by atoms with Crippen LogP contribution in [0.2, 0.25) is 5.02 Å². The van der Waals surface area contributed by atoms with E-state index >= 15 is 0 Å². The number of amides is 1. The molecule has 1 atom stereocenters. The van der Waals surface area contributed by atoms with E-state index in [1.807, 2.05) is 0 Å². The normalized spacial score (nSPS) is 17.0. The number of hydrogen-bond donors (Lipinski definition) is 1. The van der Waals surface area contributed by atoms with E-state index in [0.29, 0.717) is 10.6 Å². The van der Waals surface area contributed by atoms with Gasteiger partial charge in [0.25, 0.3) is 5.91 Å². The lowest BCUT2D eigenvalue weighted by Crippen LogP contribution is -2.40. The Morgan fingerprint density at radius 2 is 1.90 bits per heavy atom. The van der Waals surface area contributed by atoms with Crippen LogP contribution in [0.1, 0.15) is 50.7 Å². The zero-order valence-electron chi connectivity index (χ0n) is 12.1. The number of ether oxygens (including phenoxy) is 1. The fourth-order valence-electron chi connectivity index (χ4n) is 2.64. The maximum atomic E-state index is 12.5. The standard InChI is InChI=1S/C16H20ClNO3/c1-11(19)21-15(13-9-5-6-10-14(13)17)16(20)18-12-7-3-2-4-8-12/h5-6,9-10,12,15H,2-4,7-8H2,1H3,(H,18,20)/t15-/m0/s1. The van der Waals surface area contributed by atoms with Gasteiger partial charge in [-0.1, -0.05) is 49.1 Å². The SMILES string of the molecule is CC(=O)O[C@H](C(=O)NC1CCCCC1)c1ccccc1Cl. The molecule has 1 saturated carbocycles. The molecule has 0 aliphatic heterocycles. The van der Waals surface area contributed by atoms with Crippen LogP contribution in [-0.2, 0) is 14.3 Å². The number of carbonyl (C=O) groups is 2. The van der Waals surface area contributed by atoms with Crippen LogP contribution in [0.4, 0.5) is 0 Å². The van der Waals surface area contributed by atoms with E-state index in [2.05, 4.69) is 5.32 Å². The van der Waals surface area contributed by atoms with Gasteiger partial charge in [0.15, 0.2) is 0 Å². The zero-order valence-corrected chi connectivity index (χ0v) is 12.9. The summed E-state index contributed by atoms with van der Waals surface area (Å²) in [6, 6.07) is 7.09. The molecule has 1 aliphatic rings. The summed E-state index contributed by atoms with van der Waals surface area (Å²) in [5, 5.41) is 3.39. The van der Waals surface area contributed by atoms with E-state index in [4.69, 9.17) is 16.3 Å². The minimum Gasteiger partial charge on any atom is -0.447 e. The van der Waals surface area contributed by atoms with Gasteiger partial charge in [0, 0.05) is 23.6 Å². The Hall–Kier alpha value is -1.55. The van der Waals surface area contributed by atoms with Crippen LogP contribution >= 0.6 is 11.6 Å². The number of carbonyl (C=O) groups excluding carboxylic acids is 2. The first kappa shape index (κ1) is 15.8. The third-order valence-corrected chi connectivity index (χ3v) is 4.01. The topological polar surface area (TPSA) is 55.4 Å². The average molecular weight is 310 g/mol. The number of esters is 1. The summed E-state index contributed by atoms with van der Waals surface area (Å²) >= 11 is 6.12. The fraction of sp³-hybridized carbons (Fsp3) is 0.500. The predicted octanol–water partition coefficient (Wildman–Crippen LogP) is 3.39. The summed E-state index contributed by atoms with van der Waals surface area (Å²) in [6.07, 6.45) is 4.41. The summed E-state index contributed by atoms with van der Waals surface area (Å²) < 4.78 is 5.19. The molecule has 1 aliphatic carbocycles. The number of halogens is 1. The Labute approximate surface area is 129 Å². The molecule has 1 aromatic carbocycles. The maximum Gasteiger partial charge on any atom is 0.303 e. The Kier molecular flexibility index (Phi) is 5.62. The first-order valence-electron chi connectivity index (χ1n) is 7.30. The van der Waals surface area contributed by atoms with Crippen molar-refractivity contribution in [2.75, 3.05) is 0 Å². The quantitative estimate of drug-likeness (QED) is 0.867. The Bertz CT molecular complexity index is 512. The van der Waals surface area contributed by atoms with Gasteiger partial charge in [0.1, 0.15) is 0 Å². The van der Waals surface area contributed by atoms with Gasteiger partial charge in [-0.3, -0.25) is 9.59 Å². The summed E-state index contributed by atoms with van der Waals surface area (Å²) in [5.74, 6) is -0.802. The minimum atomic E-state index is -0.988. The van der Waals surface area contributed by atoms with E-state index in [9.17, 15) is 9.59 Å². The number of rotatable bonds is 4. The van der Waals surface area contributed by atoms with Crippen molar-refractivity contribution in [3.05, 3.63) is 34.9 Å². The van der Waals surface area contributed by atoms with Crippen molar-refractivity contribution in [1.29, 1.82) is 0 Å². The molecule has 5 heteroatoms. The molecule has 0 aromatic heterocycles. The molecular formula is C16H20ClNO3. The van der Waals surface area contributed by atoms with Crippen molar-refractivity contribution in [2.24, 2.45) is 0 Å². The largest absolute Gasteiger partial charge is 0.447 e. The molecule has 0 bridgehead atoms. The molecule has 1 aromatic rings. The molecule has 1 amide bonds. The van der Waals surface area contributed by atoms with Gasteiger partial charge in [-0.2, -0.15) is 0 Å². The molecule has 1 N–H and O–H groups in total. The maximum absolute atomic E-state index is 12.5. The third-order valence-electron chi connectivity index (χ3n) is 3.66. The second-order valence-corrected chi connectivity index (χ2v) is 5.76. The van der Waals surface area contributed by atoms with Gasteiger partial charge in [0.2, 0.25) is 6.10 Å².